The number of hydrazine groups is 1. The highest BCUT2D eigenvalue weighted by molar-refractivity contribution is 7.88. The van der Waals surface area contributed by atoms with Gasteiger partial charge in [0.1, 0.15) is 0 Å². The third-order valence-electron chi connectivity index (χ3n) is 3.77. The van der Waals surface area contributed by atoms with Crippen molar-refractivity contribution >= 4 is 10.0 Å². The molecule has 0 saturated heterocycles. The fraction of sp³-hybridized carbons (Fsp3) is 0.625. The summed E-state index contributed by atoms with van der Waals surface area (Å²) < 4.78 is 23.8. The van der Waals surface area contributed by atoms with Crippen LogP contribution in [0.5, 0.6) is 0 Å². The Morgan fingerprint density at radius 3 is 1.67 bits per heavy atom. The molecule has 0 aliphatic heterocycles. The van der Waals surface area contributed by atoms with Gasteiger partial charge in [0.2, 0.25) is 10.0 Å². The number of rotatable bonds is 6. The second kappa shape index (κ2) is 6.90. The summed E-state index contributed by atoms with van der Waals surface area (Å²) in [5, 5.41) is 0. The topological polar surface area (TPSA) is 72.2 Å². The molecule has 0 fully saturated rings. The van der Waals surface area contributed by atoms with Crippen LogP contribution in [0.15, 0.2) is 12.1 Å². The van der Waals surface area contributed by atoms with Crippen LogP contribution in [-0.4, -0.2) is 8.42 Å². The largest absolute Gasteiger partial charge is 0.258 e. The minimum Gasteiger partial charge on any atom is -0.258 e. The van der Waals surface area contributed by atoms with Crippen molar-refractivity contribution in [1.29, 1.82) is 0 Å². The van der Waals surface area contributed by atoms with E-state index in [2.05, 4.69) is 53.7 Å². The summed E-state index contributed by atoms with van der Waals surface area (Å²) in [6.45, 7) is 12.7. The molecule has 4 nitrogen and oxygen atoms in total. The first kappa shape index (κ1) is 18.1. The Kier molecular flexibility index (Phi) is 5.96. The Labute approximate surface area is 129 Å². The molecule has 0 amide bonds. The molecule has 0 aliphatic carbocycles. The Hall–Kier alpha value is -0.910. The van der Waals surface area contributed by atoms with Gasteiger partial charge in [0.05, 0.1) is 5.75 Å². The smallest absolute Gasteiger partial charge is 0.228 e. The number of nitrogens with one attached hydrogen (secondary N) is 1. The van der Waals surface area contributed by atoms with Gasteiger partial charge in [0, 0.05) is 0 Å². The maximum Gasteiger partial charge on any atom is 0.228 e. The van der Waals surface area contributed by atoms with E-state index in [1.54, 1.807) is 0 Å². The van der Waals surface area contributed by atoms with E-state index in [1.807, 2.05) is 4.83 Å². The molecule has 0 heterocycles. The predicted molar refractivity (Wildman–Crippen MR) is 88.7 cm³/mol. The first-order valence-electron chi connectivity index (χ1n) is 7.45. The summed E-state index contributed by atoms with van der Waals surface area (Å²) in [4.78, 5) is 1.93. The van der Waals surface area contributed by atoms with E-state index in [9.17, 15) is 8.42 Å². The minimum absolute atomic E-state index is 0.0666. The fourth-order valence-electron chi connectivity index (χ4n) is 2.50. The molecule has 0 unspecified atom stereocenters. The van der Waals surface area contributed by atoms with Crippen molar-refractivity contribution in [3.8, 4) is 0 Å². The predicted octanol–water partition coefficient (Wildman–Crippen LogP) is 3.35. The maximum atomic E-state index is 11.9. The number of nitrogens with two attached hydrogens (primary N) is 1. The molecule has 21 heavy (non-hydrogen) atoms. The van der Waals surface area contributed by atoms with E-state index in [1.165, 1.54) is 5.56 Å². The first-order valence-corrected chi connectivity index (χ1v) is 9.11. The molecule has 0 aromatic heterocycles. The molecule has 3 N–H and O–H groups in total. The van der Waals surface area contributed by atoms with Crippen LogP contribution >= 0.6 is 0 Å². The zero-order valence-corrected chi connectivity index (χ0v) is 14.7. The molecule has 120 valence electrons. The van der Waals surface area contributed by atoms with E-state index < -0.39 is 10.0 Å². The zero-order chi connectivity index (χ0) is 16.4. The van der Waals surface area contributed by atoms with Gasteiger partial charge in [0.15, 0.2) is 0 Å². The van der Waals surface area contributed by atoms with Crippen molar-refractivity contribution in [2.75, 3.05) is 0 Å². The Bertz CT molecular complexity index is 561. The average Bonchev–Trinajstić information content (AvgIpc) is 2.37. The second-order valence-electron chi connectivity index (χ2n) is 6.52. The third kappa shape index (κ3) is 4.53. The quantitative estimate of drug-likeness (QED) is 0.625. The van der Waals surface area contributed by atoms with Crippen molar-refractivity contribution in [2.45, 2.75) is 65.0 Å². The molecule has 0 atom stereocenters. The summed E-state index contributed by atoms with van der Waals surface area (Å²) in [7, 11) is -3.49. The zero-order valence-electron chi connectivity index (χ0n) is 13.9. The van der Waals surface area contributed by atoms with Gasteiger partial charge in [-0.25, -0.2) is 8.42 Å². The van der Waals surface area contributed by atoms with Crippen molar-refractivity contribution in [1.82, 2.24) is 4.83 Å². The second-order valence-corrected chi connectivity index (χ2v) is 8.27. The van der Waals surface area contributed by atoms with Gasteiger partial charge < -0.3 is 0 Å². The summed E-state index contributed by atoms with van der Waals surface area (Å²) in [5.41, 5.74) is 4.35. The lowest BCUT2D eigenvalue weighted by molar-refractivity contribution is 0.582. The van der Waals surface area contributed by atoms with E-state index in [4.69, 9.17) is 5.84 Å². The highest BCUT2D eigenvalue weighted by atomic mass is 32.2. The third-order valence-corrected chi connectivity index (χ3v) is 4.79. The van der Waals surface area contributed by atoms with E-state index in [0.717, 1.165) is 16.7 Å². The Morgan fingerprint density at radius 1 is 0.952 bits per heavy atom. The van der Waals surface area contributed by atoms with E-state index >= 15 is 0 Å². The van der Waals surface area contributed by atoms with Crippen molar-refractivity contribution in [2.24, 2.45) is 5.84 Å². The molecule has 1 aromatic carbocycles. The summed E-state index contributed by atoms with van der Waals surface area (Å²) >= 11 is 0. The highest BCUT2D eigenvalue weighted by Crippen LogP contribution is 2.33. The number of benzene rings is 1. The lowest BCUT2D eigenvalue weighted by Gasteiger charge is -2.22. The SMILES string of the molecule is CC(C)c1cc(C(C)C)c(CS(=O)(=O)NN)c(C(C)C)c1. The van der Waals surface area contributed by atoms with Gasteiger partial charge in [-0.2, -0.15) is 4.83 Å². The fourth-order valence-corrected chi connectivity index (χ4v) is 3.30. The van der Waals surface area contributed by atoms with Crippen molar-refractivity contribution in [3.05, 3.63) is 34.4 Å². The molecule has 1 aromatic rings. The lowest BCUT2D eigenvalue weighted by Crippen LogP contribution is -2.32. The number of hydrogen-bond donors (Lipinski definition) is 2. The van der Waals surface area contributed by atoms with Crippen LogP contribution < -0.4 is 10.7 Å². The van der Waals surface area contributed by atoms with Crippen LogP contribution in [0.3, 0.4) is 0 Å². The Balaban J connectivity index is 3.57. The van der Waals surface area contributed by atoms with E-state index in [-0.39, 0.29) is 17.6 Å². The molecule has 0 spiro atoms. The van der Waals surface area contributed by atoms with Gasteiger partial charge in [0.25, 0.3) is 0 Å². The van der Waals surface area contributed by atoms with Gasteiger partial charge in [-0.15, -0.1) is 0 Å². The van der Waals surface area contributed by atoms with Gasteiger partial charge in [-0.1, -0.05) is 53.7 Å². The molecule has 0 saturated carbocycles. The summed E-state index contributed by atoms with van der Waals surface area (Å²) in [6, 6.07) is 4.28. The van der Waals surface area contributed by atoms with Crippen LogP contribution in [0.1, 0.15) is 81.5 Å². The van der Waals surface area contributed by atoms with Gasteiger partial charge >= 0.3 is 0 Å². The monoisotopic (exact) mass is 312 g/mol. The molecular formula is C16H28N2O2S. The molecule has 0 radical (unpaired) electrons. The molecule has 0 aliphatic rings. The lowest BCUT2D eigenvalue weighted by atomic mass is 9.85. The van der Waals surface area contributed by atoms with Crippen LogP contribution in [0, 0.1) is 0 Å². The number of hydrogen-bond acceptors (Lipinski definition) is 3. The highest BCUT2D eigenvalue weighted by Gasteiger charge is 2.21. The van der Waals surface area contributed by atoms with Gasteiger partial charge in [-0.05, 0) is 40.0 Å². The maximum absolute atomic E-state index is 11.9. The van der Waals surface area contributed by atoms with Crippen molar-refractivity contribution < 1.29 is 8.42 Å². The summed E-state index contributed by atoms with van der Waals surface area (Å²) in [5.74, 6) is 6.03. The minimum atomic E-state index is -3.49. The standard InChI is InChI=1S/C16H28N2O2S/c1-10(2)13-7-14(11(3)4)16(9-21(19,20)18-17)15(8-13)12(5)6/h7-8,10-12,18H,9,17H2,1-6H3. The van der Waals surface area contributed by atoms with Crippen LogP contribution in [0.4, 0.5) is 0 Å². The van der Waals surface area contributed by atoms with Crippen LogP contribution in [-0.2, 0) is 15.8 Å². The Morgan fingerprint density at radius 2 is 1.38 bits per heavy atom. The molecule has 5 heteroatoms. The molecule has 0 bridgehead atoms. The van der Waals surface area contributed by atoms with Crippen molar-refractivity contribution in [3.63, 3.8) is 0 Å². The first-order chi connectivity index (χ1) is 9.59. The van der Waals surface area contributed by atoms with E-state index in [0.29, 0.717) is 5.92 Å². The average molecular weight is 312 g/mol. The normalized spacial score (nSPS) is 12.7. The molecule has 1 rings (SSSR count). The van der Waals surface area contributed by atoms with Crippen LogP contribution in [0.2, 0.25) is 0 Å². The molecular weight excluding hydrogens is 284 g/mol. The number of sulfonamides is 1. The van der Waals surface area contributed by atoms with Gasteiger partial charge in [-0.3, -0.25) is 5.84 Å². The summed E-state index contributed by atoms with van der Waals surface area (Å²) in [6.07, 6.45) is 0. The van der Waals surface area contributed by atoms with Crippen LogP contribution in [0.25, 0.3) is 0 Å².